The number of hydrogen-bond donors (Lipinski definition) is 0. The van der Waals surface area contributed by atoms with Crippen molar-refractivity contribution in [2.24, 2.45) is 7.05 Å². The van der Waals surface area contributed by atoms with Crippen LogP contribution in [0.5, 0.6) is 17.2 Å². The minimum absolute atomic E-state index is 0.0973. The number of ether oxygens (including phenoxy) is 3. The molecule has 6 heteroatoms. The molecule has 0 aliphatic carbocycles. The fraction of sp³-hybridized carbons (Fsp3) is 0.182. The van der Waals surface area contributed by atoms with Gasteiger partial charge in [0.1, 0.15) is 23.9 Å². The van der Waals surface area contributed by atoms with Crippen LogP contribution in [0.3, 0.4) is 0 Å². The van der Waals surface area contributed by atoms with Crippen molar-refractivity contribution in [3.8, 4) is 17.2 Å². The molecular weight excluding hydrogens is 356 g/mol. The van der Waals surface area contributed by atoms with Crippen LogP contribution in [0.2, 0.25) is 0 Å². The highest BCUT2D eigenvalue weighted by atomic mass is 16.5. The molecule has 0 saturated carbocycles. The van der Waals surface area contributed by atoms with Crippen molar-refractivity contribution >= 4 is 11.9 Å². The van der Waals surface area contributed by atoms with Crippen LogP contribution in [0, 0.1) is 0 Å². The lowest BCUT2D eigenvalue weighted by atomic mass is 10.1. The molecule has 1 heterocycles. The zero-order valence-electron chi connectivity index (χ0n) is 16.1. The lowest BCUT2D eigenvalue weighted by Gasteiger charge is -2.11. The summed E-state index contributed by atoms with van der Waals surface area (Å²) in [5.74, 6) is 2.13. The number of ketones is 1. The van der Waals surface area contributed by atoms with E-state index in [1.807, 2.05) is 42.5 Å². The SMILES string of the molecule is COc1ccc(OCc2cc(C=CC(=O)c3cnn(C)c3)ccc2OC)cc1. The van der Waals surface area contributed by atoms with Gasteiger partial charge in [-0.15, -0.1) is 0 Å². The van der Waals surface area contributed by atoms with Crippen molar-refractivity contribution < 1.29 is 19.0 Å². The molecule has 2 aromatic carbocycles. The zero-order valence-corrected chi connectivity index (χ0v) is 16.1. The second-order valence-electron chi connectivity index (χ2n) is 6.14. The van der Waals surface area contributed by atoms with Gasteiger partial charge in [0.2, 0.25) is 0 Å². The van der Waals surface area contributed by atoms with E-state index in [0.29, 0.717) is 12.2 Å². The normalized spacial score (nSPS) is 10.8. The first-order valence-corrected chi connectivity index (χ1v) is 8.74. The maximum atomic E-state index is 12.2. The molecule has 28 heavy (non-hydrogen) atoms. The van der Waals surface area contributed by atoms with Gasteiger partial charge in [-0.25, -0.2) is 0 Å². The summed E-state index contributed by atoms with van der Waals surface area (Å²) in [6, 6.07) is 13.1. The molecule has 0 spiro atoms. The average Bonchev–Trinajstić information content (AvgIpc) is 3.17. The molecule has 0 N–H and O–H groups in total. The van der Waals surface area contributed by atoms with Crippen molar-refractivity contribution in [2.45, 2.75) is 6.61 Å². The molecule has 0 bridgehead atoms. The van der Waals surface area contributed by atoms with Crippen molar-refractivity contribution in [1.29, 1.82) is 0 Å². The highest BCUT2D eigenvalue weighted by Gasteiger charge is 2.07. The number of aryl methyl sites for hydroxylation is 1. The lowest BCUT2D eigenvalue weighted by molar-refractivity contribution is 0.104. The van der Waals surface area contributed by atoms with Gasteiger partial charge < -0.3 is 14.2 Å². The third kappa shape index (κ3) is 4.79. The van der Waals surface area contributed by atoms with E-state index in [2.05, 4.69) is 5.10 Å². The number of carbonyl (C=O) groups is 1. The van der Waals surface area contributed by atoms with Crippen molar-refractivity contribution in [2.75, 3.05) is 14.2 Å². The van der Waals surface area contributed by atoms with Crippen LogP contribution in [0.1, 0.15) is 21.5 Å². The molecule has 3 aromatic rings. The monoisotopic (exact) mass is 378 g/mol. The molecule has 6 nitrogen and oxygen atoms in total. The predicted molar refractivity (Wildman–Crippen MR) is 107 cm³/mol. The van der Waals surface area contributed by atoms with Gasteiger partial charge in [0.25, 0.3) is 0 Å². The minimum Gasteiger partial charge on any atom is -0.497 e. The summed E-state index contributed by atoms with van der Waals surface area (Å²) in [5, 5.41) is 4.01. The number of rotatable bonds is 8. The number of carbonyl (C=O) groups excluding carboxylic acids is 1. The van der Waals surface area contributed by atoms with E-state index in [4.69, 9.17) is 14.2 Å². The highest BCUT2D eigenvalue weighted by Crippen LogP contribution is 2.24. The molecule has 0 aliphatic rings. The third-order valence-electron chi connectivity index (χ3n) is 4.17. The molecule has 0 saturated heterocycles. The van der Waals surface area contributed by atoms with E-state index in [-0.39, 0.29) is 5.78 Å². The smallest absolute Gasteiger partial charge is 0.189 e. The first-order valence-electron chi connectivity index (χ1n) is 8.74. The Kier molecular flexibility index (Phi) is 6.11. The lowest BCUT2D eigenvalue weighted by Crippen LogP contribution is -1.99. The predicted octanol–water partition coefficient (Wildman–Crippen LogP) is 3.91. The Bertz CT molecular complexity index is 974. The van der Waals surface area contributed by atoms with Crippen LogP contribution >= 0.6 is 0 Å². The fourth-order valence-corrected chi connectivity index (χ4v) is 2.66. The number of hydrogen-bond acceptors (Lipinski definition) is 5. The van der Waals surface area contributed by atoms with Gasteiger partial charge in [-0.3, -0.25) is 9.48 Å². The Morgan fingerprint density at radius 1 is 1.07 bits per heavy atom. The van der Waals surface area contributed by atoms with E-state index in [1.165, 1.54) is 6.08 Å². The Morgan fingerprint density at radius 2 is 1.82 bits per heavy atom. The molecule has 0 fully saturated rings. The summed E-state index contributed by atoms with van der Waals surface area (Å²) in [6.07, 6.45) is 6.54. The number of aromatic nitrogens is 2. The number of allylic oxidation sites excluding steroid dienone is 1. The average molecular weight is 378 g/mol. The van der Waals surface area contributed by atoms with E-state index in [9.17, 15) is 4.79 Å². The molecule has 0 radical (unpaired) electrons. The summed E-state index contributed by atoms with van der Waals surface area (Å²) >= 11 is 0. The zero-order chi connectivity index (χ0) is 19.9. The number of methoxy groups -OCH3 is 2. The van der Waals surface area contributed by atoms with Gasteiger partial charge >= 0.3 is 0 Å². The third-order valence-corrected chi connectivity index (χ3v) is 4.17. The second-order valence-corrected chi connectivity index (χ2v) is 6.14. The van der Waals surface area contributed by atoms with Crippen LogP contribution in [0.25, 0.3) is 6.08 Å². The quantitative estimate of drug-likeness (QED) is 0.439. The Morgan fingerprint density at radius 3 is 2.46 bits per heavy atom. The van der Waals surface area contributed by atoms with Crippen molar-refractivity contribution in [3.63, 3.8) is 0 Å². The second kappa shape index (κ2) is 8.90. The van der Waals surface area contributed by atoms with Gasteiger partial charge in [0, 0.05) is 18.8 Å². The Balaban J connectivity index is 1.71. The van der Waals surface area contributed by atoms with Crippen LogP contribution < -0.4 is 14.2 Å². The Hall–Kier alpha value is -3.54. The van der Waals surface area contributed by atoms with Crippen molar-refractivity contribution in [1.82, 2.24) is 9.78 Å². The standard InChI is InChI=1S/C22H22N2O4/c1-24-14-18(13-23-24)21(25)10-4-16-5-11-22(27-3)17(12-16)15-28-20-8-6-19(26-2)7-9-20/h4-14H,15H2,1-3H3. The molecule has 0 aliphatic heterocycles. The molecule has 0 unspecified atom stereocenters. The first-order chi connectivity index (χ1) is 13.6. The van der Waals surface area contributed by atoms with Gasteiger partial charge in [-0.05, 0) is 48.0 Å². The Labute approximate surface area is 164 Å². The highest BCUT2D eigenvalue weighted by molar-refractivity contribution is 6.06. The van der Waals surface area contributed by atoms with E-state index < -0.39 is 0 Å². The van der Waals surface area contributed by atoms with Crippen molar-refractivity contribution in [3.05, 3.63) is 77.6 Å². The van der Waals surface area contributed by atoms with Crippen LogP contribution in [-0.2, 0) is 13.7 Å². The number of nitrogens with zero attached hydrogens (tertiary/aromatic N) is 2. The molecular formula is C22H22N2O4. The molecule has 1 aromatic heterocycles. The maximum absolute atomic E-state index is 12.2. The molecule has 0 atom stereocenters. The topological polar surface area (TPSA) is 62.6 Å². The molecule has 144 valence electrons. The van der Waals surface area contributed by atoms with Gasteiger partial charge in [0.05, 0.1) is 26.0 Å². The van der Waals surface area contributed by atoms with E-state index in [1.54, 1.807) is 44.4 Å². The van der Waals surface area contributed by atoms with Crippen LogP contribution in [0.4, 0.5) is 0 Å². The molecule has 0 amide bonds. The summed E-state index contributed by atoms with van der Waals surface area (Å²) < 4.78 is 18.0. The largest absolute Gasteiger partial charge is 0.497 e. The first kappa shape index (κ1) is 19.2. The van der Waals surface area contributed by atoms with E-state index >= 15 is 0 Å². The van der Waals surface area contributed by atoms with Gasteiger partial charge in [-0.1, -0.05) is 12.1 Å². The van der Waals surface area contributed by atoms with Gasteiger partial charge in [0.15, 0.2) is 5.78 Å². The van der Waals surface area contributed by atoms with E-state index in [0.717, 1.165) is 28.4 Å². The van der Waals surface area contributed by atoms with Gasteiger partial charge in [-0.2, -0.15) is 5.10 Å². The summed E-state index contributed by atoms with van der Waals surface area (Å²) in [4.78, 5) is 12.2. The fourth-order valence-electron chi connectivity index (χ4n) is 2.66. The summed E-state index contributed by atoms with van der Waals surface area (Å²) in [6.45, 7) is 0.341. The number of benzene rings is 2. The van der Waals surface area contributed by atoms with Crippen LogP contribution in [-0.4, -0.2) is 29.8 Å². The summed E-state index contributed by atoms with van der Waals surface area (Å²) in [5.41, 5.74) is 2.32. The molecule has 3 rings (SSSR count). The maximum Gasteiger partial charge on any atom is 0.189 e. The minimum atomic E-state index is -0.0973. The van der Waals surface area contributed by atoms with Crippen LogP contribution in [0.15, 0.2) is 60.9 Å². The summed E-state index contributed by atoms with van der Waals surface area (Å²) in [7, 11) is 5.02.